The first kappa shape index (κ1) is 30.2. The third kappa shape index (κ3) is 8.88. The highest BCUT2D eigenvalue weighted by molar-refractivity contribution is 7.99. The van der Waals surface area contributed by atoms with Crippen molar-refractivity contribution in [1.82, 2.24) is 0 Å². The molecule has 5 nitrogen and oxygen atoms in total. The Morgan fingerprint density at radius 3 is 1.64 bits per heavy atom. The molecule has 0 spiro atoms. The van der Waals surface area contributed by atoms with Gasteiger partial charge in [-0.25, -0.2) is 0 Å². The normalized spacial score (nSPS) is 22.0. The summed E-state index contributed by atoms with van der Waals surface area (Å²) in [5, 5.41) is 0. The van der Waals surface area contributed by atoms with Crippen molar-refractivity contribution < 1.29 is 23.7 Å². The summed E-state index contributed by atoms with van der Waals surface area (Å²) in [5.74, 6) is 0. The zero-order valence-corrected chi connectivity index (χ0v) is 24.5. The smallest absolute Gasteiger partial charge is 0.137 e. The predicted molar refractivity (Wildman–Crippen MR) is 167 cm³/mol. The standard InChI is InChI=1S/C36H38O5S/c1-2-23-38-34-33(39-25-29-17-9-4-10-18-29)32(27-37-24-28-15-7-3-8-16-28)41-36(42-31-21-13-6-14-22-31)35(34)40-26-30-19-11-5-12-20-30/h2-22,32-36H,1,23-27H2/t32-,33-,34-,35-,36-/m1/s1. The van der Waals surface area contributed by atoms with Crippen molar-refractivity contribution in [3.8, 4) is 0 Å². The average molecular weight is 583 g/mol. The predicted octanol–water partition coefficient (Wildman–Crippen LogP) is 7.46. The Bertz CT molecular complexity index is 1310. The molecule has 0 aliphatic carbocycles. The van der Waals surface area contributed by atoms with E-state index in [1.807, 2.05) is 72.8 Å². The van der Waals surface area contributed by atoms with Gasteiger partial charge in [0.05, 0.1) is 33.0 Å². The van der Waals surface area contributed by atoms with Gasteiger partial charge in [-0.3, -0.25) is 0 Å². The lowest BCUT2D eigenvalue weighted by molar-refractivity contribution is -0.250. The first-order chi connectivity index (χ1) is 20.8. The van der Waals surface area contributed by atoms with E-state index >= 15 is 0 Å². The third-order valence-corrected chi connectivity index (χ3v) is 8.11. The van der Waals surface area contributed by atoms with Crippen LogP contribution in [0.2, 0.25) is 0 Å². The number of benzene rings is 4. The summed E-state index contributed by atoms with van der Waals surface area (Å²) in [7, 11) is 0. The Morgan fingerprint density at radius 1 is 0.595 bits per heavy atom. The van der Waals surface area contributed by atoms with E-state index in [4.69, 9.17) is 23.7 Å². The van der Waals surface area contributed by atoms with Gasteiger partial charge in [0.25, 0.3) is 0 Å². The maximum Gasteiger partial charge on any atom is 0.137 e. The highest BCUT2D eigenvalue weighted by Gasteiger charge is 2.48. The van der Waals surface area contributed by atoms with E-state index in [-0.39, 0.29) is 11.5 Å². The molecule has 0 amide bonds. The van der Waals surface area contributed by atoms with Crippen LogP contribution >= 0.6 is 11.8 Å². The molecule has 4 aromatic carbocycles. The Kier molecular flexibility index (Phi) is 11.8. The molecule has 1 aliphatic heterocycles. The summed E-state index contributed by atoms with van der Waals surface area (Å²) in [5.41, 5.74) is 2.91. The van der Waals surface area contributed by atoms with Crippen LogP contribution in [0.4, 0.5) is 0 Å². The van der Waals surface area contributed by atoms with Crippen LogP contribution in [0.5, 0.6) is 0 Å². The highest BCUT2D eigenvalue weighted by atomic mass is 32.2. The maximum atomic E-state index is 6.82. The molecule has 5 atom stereocenters. The van der Waals surface area contributed by atoms with Gasteiger partial charge in [0, 0.05) is 4.90 Å². The molecule has 5 rings (SSSR count). The van der Waals surface area contributed by atoms with Crippen molar-refractivity contribution in [2.75, 3.05) is 13.2 Å². The van der Waals surface area contributed by atoms with Crippen LogP contribution in [-0.2, 0) is 43.5 Å². The average Bonchev–Trinajstić information content (AvgIpc) is 3.04. The molecule has 218 valence electrons. The van der Waals surface area contributed by atoms with Gasteiger partial charge in [0.15, 0.2) is 0 Å². The largest absolute Gasteiger partial charge is 0.374 e. The minimum atomic E-state index is -0.436. The minimum absolute atomic E-state index is 0.347. The van der Waals surface area contributed by atoms with E-state index in [0.29, 0.717) is 33.0 Å². The van der Waals surface area contributed by atoms with Gasteiger partial charge in [-0.1, -0.05) is 127 Å². The SMILES string of the molecule is C=CCO[C@H]1[C@@H](OCc2ccccc2)[C@@H](Sc2ccccc2)O[C@H](COCc2ccccc2)[C@H]1OCc1ccccc1. The van der Waals surface area contributed by atoms with Gasteiger partial charge in [0.1, 0.15) is 29.9 Å². The lowest BCUT2D eigenvalue weighted by Gasteiger charge is -2.46. The van der Waals surface area contributed by atoms with Gasteiger partial charge >= 0.3 is 0 Å². The Morgan fingerprint density at radius 2 is 1.10 bits per heavy atom. The van der Waals surface area contributed by atoms with Crippen molar-refractivity contribution in [3.05, 3.63) is 151 Å². The van der Waals surface area contributed by atoms with Crippen LogP contribution in [0.25, 0.3) is 0 Å². The summed E-state index contributed by atoms with van der Waals surface area (Å²) in [6.07, 6.45) is 0.106. The Labute approximate surface area is 253 Å². The molecule has 0 saturated carbocycles. The van der Waals surface area contributed by atoms with Crippen molar-refractivity contribution in [1.29, 1.82) is 0 Å². The second-order valence-corrected chi connectivity index (χ2v) is 11.3. The molecule has 1 fully saturated rings. The van der Waals surface area contributed by atoms with Gasteiger partial charge in [-0.05, 0) is 28.8 Å². The fourth-order valence-corrected chi connectivity index (χ4v) is 6.04. The summed E-state index contributed by atoms with van der Waals surface area (Å²) in [4.78, 5) is 1.09. The van der Waals surface area contributed by atoms with E-state index < -0.39 is 18.3 Å². The monoisotopic (exact) mass is 582 g/mol. The molecule has 6 heteroatoms. The zero-order valence-electron chi connectivity index (χ0n) is 23.7. The molecule has 0 radical (unpaired) electrons. The van der Waals surface area contributed by atoms with Gasteiger partial charge in [-0.2, -0.15) is 0 Å². The van der Waals surface area contributed by atoms with Gasteiger partial charge < -0.3 is 23.7 Å². The minimum Gasteiger partial charge on any atom is -0.374 e. The van der Waals surface area contributed by atoms with E-state index in [0.717, 1.165) is 21.6 Å². The van der Waals surface area contributed by atoms with Crippen LogP contribution in [-0.4, -0.2) is 43.1 Å². The number of hydrogen-bond acceptors (Lipinski definition) is 6. The quantitative estimate of drug-likeness (QED) is 0.136. The molecular weight excluding hydrogens is 544 g/mol. The van der Waals surface area contributed by atoms with E-state index in [1.54, 1.807) is 17.8 Å². The molecule has 1 aliphatic rings. The summed E-state index contributed by atoms with van der Waals surface area (Å²) in [6.45, 7) is 5.94. The second-order valence-electron chi connectivity index (χ2n) is 10.1. The topological polar surface area (TPSA) is 46.2 Å². The molecule has 0 N–H and O–H groups in total. The van der Waals surface area contributed by atoms with Crippen molar-refractivity contribution >= 4 is 11.8 Å². The molecule has 0 bridgehead atoms. The molecule has 0 unspecified atom stereocenters. The van der Waals surface area contributed by atoms with E-state index in [2.05, 4.69) is 55.1 Å². The fourth-order valence-electron chi connectivity index (χ4n) is 4.89. The van der Waals surface area contributed by atoms with Crippen LogP contribution in [0, 0.1) is 0 Å². The molecule has 1 saturated heterocycles. The first-order valence-corrected chi connectivity index (χ1v) is 15.2. The molecule has 4 aromatic rings. The number of hydrogen-bond donors (Lipinski definition) is 0. The lowest BCUT2D eigenvalue weighted by Crippen LogP contribution is -2.60. The van der Waals surface area contributed by atoms with E-state index in [1.165, 1.54) is 0 Å². The van der Waals surface area contributed by atoms with Crippen molar-refractivity contribution in [3.63, 3.8) is 0 Å². The zero-order chi connectivity index (χ0) is 28.8. The molecule has 42 heavy (non-hydrogen) atoms. The first-order valence-electron chi connectivity index (χ1n) is 14.3. The Balaban J connectivity index is 1.42. The van der Waals surface area contributed by atoms with Crippen molar-refractivity contribution in [2.24, 2.45) is 0 Å². The third-order valence-electron chi connectivity index (χ3n) is 6.96. The van der Waals surface area contributed by atoms with Gasteiger partial charge in [-0.15, -0.1) is 6.58 Å². The molecule has 1 heterocycles. The second kappa shape index (κ2) is 16.4. The molecular formula is C36H38O5S. The highest BCUT2D eigenvalue weighted by Crippen LogP contribution is 2.38. The number of rotatable bonds is 15. The van der Waals surface area contributed by atoms with E-state index in [9.17, 15) is 0 Å². The van der Waals surface area contributed by atoms with Crippen LogP contribution in [0.3, 0.4) is 0 Å². The lowest BCUT2D eigenvalue weighted by atomic mass is 9.99. The summed E-state index contributed by atoms with van der Waals surface area (Å²) < 4.78 is 32.8. The Hall–Kier alpha value is -3.23. The summed E-state index contributed by atoms with van der Waals surface area (Å²) >= 11 is 1.63. The maximum absolute atomic E-state index is 6.82. The van der Waals surface area contributed by atoms with Gasteiger partial charge in [0.2, 0.25) is 0 Å². The fraction of sp³-hybridized carbons (Fsp3) is 0.278. The number of ether oxygens (including phenoxy) is 5. The van der Waals surface area contributed by atoms with Crippen LogP contribution in [0.15, 0.2) is 139 Å². The van der Waals surface area contributed by atoms with Crippen molar-refractivity contribution in [2.45, 2.75) is 54.6 Å². The van der Waals surface area contributed by atoms with Crippen LogP contribution < -0.4 is 0 Å². The summed E-state index contributed by atoms with van der Waals surface area (Å²) in [6, 6.07) is 40.7. The number of thioether (sulfide) groups is 1. The van der Waals surface area contributed by atoms with Crippen LogP contribution in [0.1, 0.15) is 16.7 Å². The molecule has 0 aromatic heterocycles.